The van der Waals surface area contributed by atoms with Gasteiger partial charge in [-0.25, -0.2) is 0 Å². The summed E-state index contributed by atoms with van der Waals surface area (Å²) in [4.78, 5) is 0. The second-order valence-corrected chi connectivity index (χ2v) is 12.5. The predicted octanol–water partition coefficient (Wildman–Crippen LogP) is 9.45. The van der Waals surface area contributed by atoms with Crippen LogP contribution in [-0.2, 0) is 0 Å². The van der Waals surface area contributed by atoms with Crippen LogP contribution in [0.25, 0.3) is 0 Å². The minimum atomic E-state index is 0.475. The Bertz CT molecular complexity index is 709. The van der Waals surface area contributed by atoms with Crippen LogP contribution in [0.1, 0.15) is 106 Å². The molecule has 3 aliphatic rings. The van der Waals surface area contributed by atoms with Crippen LogP contribution in [0.2, 0.25) is 0 Å². The highest BCUT2D eigenvalue weighted by atomic mass is 14.5. The fourth-order valence-electron chi connectivity index (χ4n) is 6.94. The first-order chi connectivity index (χ1) is 14.0. The third kappa shape index (κ3) is 5.23. The molecule has 3 saturated carbocycles. The van der Waals surface area contributed by atoms with Gasteiger partial charge in [-0.2, -0.15) is 0 Å². The Morgan fingerprint density at radius 2 is 1.90 bits per heavy atom. The molecule has 2 unspecified atom stereocenters. The molecule has 3 aliphatic carbocycles. The summed E-state index contributed by atoms with van der Waals surface area (Å²) < 4.78 is 0. The van der Waals surface area contributed by atoms with Crippen molar-refractivity contribution in [3.05, 3.63) is 47.6 Å². The van der Waals surface area contributed by atoms with E-state index in [1.165, 1.54) is 68.1 Å². The molecule has 0 aromatic carbocycles. The zero-order valence-electron chi connectivity index (χ0n) is 20.9. The van der Waals surface area contributed by atoms with Gasteiger partial charge < -0.3 is 0 Å². The maximum Gasteiger partial charge on any atom is -0.00702 e. The maximum atomic E-state index is 4.35. The molecule has 0 aromatic heterocycles. The van der Waals surface area contributed by atoms with Gasteiger partial charge >= 0.3 is 0 Å². The van der Waals surface area contributed by atoms with Crippen molar-refractivity contribution in [1.82, 2.24) is 0 Å². The molecule has 0 N–H and O–H groups in total. The average molecular weight is 409 g/mol. The summed E-state index contributed by atoms with van der Waals surface area (Å²) in [6.07, 6.45) is 18.2. The summed E-state index contributed by atoms with van der Waals surface area (Å²) in [6.45, 7) is 23.2. The van der Waals surface area contributed by atoms with Gasteiger partial charge in [-0.15, -0.1) is 0 Å². The quantitative estimate of drug-likeness (QED) is 0.397. The Balaban J connectivity index is 1.69. The van der Waals surface area contributed by atoms with Crippen molar-refractivity contribution in [3.8, 4) is 0 Å². The SMILES string of the molecule is C=C1CC(=C)[C@H](C)C/C1=C/C=C1\CCC[C@@]2(C)C1CCC2[C@@H](C)CCCC(C)(C)C. The molecule has 0 aromatic rings. The highest BCUT2D eigenvalue weighted by Gasteiger charge is 2.50. The standard InChI is InChI=1S/C30H48/c1-21(11-9-17-29(5,6)7)27-15-16-28-25(12-10-18-30(27,28)8)13-14-26-20-23(3)22(2)19-24(26)4/h13-14,21,23,27-28H,2,4,9-12,15-20H2,1,3,5-8H3/b25-13+,26-14-/t21-,23+,27?,28?,30+/m0/s1. The molecule has 3 fully saturated rings. The molecule has 3 rings (SSSR count). The first-order valence-electron chi connectivity index (χ1n) is 12.8. The highest BCUT2D eigenvalue weighted by Crippen LogP contribution is 2.60. The van der Waals surface area contributed by atoms with Gasteiger partial charge in [0, 0.05) is 0 Å². The monoisotopic (exact) mass is 408 g/mol. The molecule has 0 heteroatoms. The number of fused-ring (bicyclic) bond motifs is 1. The van der Waals surface area contributed by atoms with Crippen molar-refractivity contribution < 1.29 is 0 Å². The fourth-order valence-corrected chi connectivity index (χ4v) is 6.94. The number of hydrogen-bond donors (Lipinski definition) is 0. The summed E-state index contributed by atoms with van der Waals surface area (Å²) in [5, 5.41) is 0. The van der Waals surface area contributed by atoms with Crippen molar-refractivity contribution in [2.75, 3.05) is 0 Å². The van der Waals surface area contributed by atoms with Crippen LogP contribution in [-0.4, -0.2) is 0 Å². The van der Waals surface area contributed by atoms with E-state index in [0.29, 0.717) is 16.7 Å². The highest BCUT2D eigenvalue weighted by molar-refractivity contribution is 5.40. The van der Waals surface area contributed by atoms with Crippen LogP contribution in [0.15, 0.2) is 47.6 Å². The fraction of sp³-hybridized carbons (Fsp3) is 0.733. The number of hydrogen-bond acceptors (Lipinski definition) is 0. The van der Waals surface area contributed by atoms with E-state index in [1.807, 2.05) is 0 Å². The Labute approximate surface area is 188 Å². The van der Waals surface area contributed by atoms with Gasteiger partial charge in [-0.05, 0) is 97.0 Å². The maximum absolute atomic E-state index is 4.35. The predicted molar refractivity (Wildman–Crippen MR) is 133 cm³/mol. The van der Waals surface area contributed by atoms with Crippen molar-refractivity contribution in [1.29, 1.82) is 0 Å². The van der Waals surface area contributed by atoms with Crippen LogP contribution < -0.4 is 0 Å². The van der Waals surface area contributed by atoms with Gasteiger partial charge in [0.05, 0.1) is 0 Å². The Morgan fingerprint density at radius 1 is 1.17 bits per heavy atom. The van der Waals surface area contributed by atoms with E-state index in [1.54, 1.807) is 5.57 Å². The van der Waals surface area contributed by atoms with Gasteiger partial charge in [-0.3, -0.25) is 0 Å². The first kappa shape index (κ1) is 23.6. The van der Waals surface area contributed by atoms with E-state index in [-0.39, 0.29) is 0 Å². The average Bonchev–Trinajstić information content (AvgIpc) is 3.00. The van der Waals surface area contributed by atoms with Crippen LogP contribution in [0.3, 0.4) is 0 Å². The van der Waals surface area contributed by atoms with E-state index < -0.39 is 0 Å². The van der Waals surface area contributed by atoms with Crippen molar-refractivity contribution >= 4 is 0 Å². The van der Waals surface area contributed by atoms with Crippen LogP contribution >= 0.6 is 0 Å². The molecule has 0 amide bonds. The lowest BCUT2D eigenvalue weighted by atomic mass is 9.60. The van der Waals surface area contributed by atoms with E-state index in [9.17, 15) is 0 Å². The van der Waals surface area contributed by atoms with E-state index in [2.05, 4.69) is 66.9 Å². The molecular weight excluding hydrogens is 360 g/mol. The molecule has 30 heavy (non-hydrogen) atoms. The summed E-state index contributed by atoms with van der Waals surface area (Å²) in [5.74, 6) is 3.18. The van der Waals surface area contributed by atoms with Gasteiger partial charge in [0.2, 0.25) is 0 Å². The normalized spacial score (nSPS) is 36.4. The van der Waals surface area contributed by atoms with Gasteiger partial charge in [0.1, 0.15) is 0 Å². The molecule has 0 radical (unpaired) electrons. The second kappa shape index (κ2) is 9.22. The molecule has 0 bridgehead atoms. The van der Waals surface area contributed by atoms with Crippen LogP contribution in [0, 0.1) is 34.5 Å². The number of allylic oxidation sites excluding steroid dienone is 6. The second-order valence-electron chi connectivity index (χ2n) is 12.5. The molecule has 0 saturated heterocycles. The van der Waals surface area contributed by atoms with Gasteiger partial charge in [0.25, 0.3) is 0 Å². The largest absolute Gasteiger partial charge is 0.0992 e. The van der Waals surface area contributed by atoms with E-state index in [4.69, 9.17) is 0 Å². The molecule has 0 aliphatic heterocycles. The lowest BCUT2D eigenvalue weighted by Gasteiger charge is -2.44. The minimum absolute atomic E-state index is 0.475. The van der Waals surface area contributed by atoms with E-state index in [0.717, 1.165) is 30.6 Å². The third-order valence-electron chi connectivity index (χ3n) is 8.93. The van der Waals surface area contributed by atoms with E-state index >= 15 is 0 Å². The third-order valence-corrected chi connectivity index (χ3v) is 8.93. The molecule has 5 atom stereocenters. The zero-order valence-corrected chi connectivity index (χ0v) is 20.9. The first-order valence-corrected chi connectivity index (χ1v) is 12.8. The summed E-state index contributed by atoms with van der Waals surface area (Å²) in [6, 6.07) is 0. The Hall–Kier alpha value is -1.04. The van der Waals surface area contributed by atoms with Crippen molar-refractivity contribution in [2.45, 2.75) is 106 Å². The molecule has 0 spiro atoms. The number of rotatable bonds is 5. The summed E-state index contributed by atoms with van der Waals surface area (Å²) >= 11 is 0. The van der Waals surface area contributed by atoms with Crippen LogP contribution in [0.5, 0.6) is 0 Å². The van der Waals surface area contributed by atoms with Crippen molar-refractivity contribution in [3.63, 3.8) is 0 Å². The lowest BCUT2D eigenvalue weighted by Crippen LogP contribution is -2.36. The van der Waals surface area contributed by atoms with Gasteiger partial charge in [-0.1, -0.05) is 90.8 Å². The summed E-state index contributed by atoms with van der Waals surface area (Å²) in [7, 11) is 0. The molecule has 0 heterocycles. The summed E-state index contributed by atoms with van der Waals surface area (Å²) in [5.41, 5.74) is 6.86. The zero-order chi connectivity index (χ0) is 22.1. The Kier molecular flexibility index (Phi) is 7.26. The smallest absolute Gasteiger partial charge is 0.00702 e. The molecule has 0 nitrogen and oxygen atoms in total. The van der Waals surface area contributed by atoms with Crippen molar-refractivity contribution in [2.24, 2.45) is 34.5 Å². The topological polar surface area (TPSA) is 0 Å². The molecular formula is C30H48. The van der Waals surface area contributed by atoms with Gasteiger partial charge in [0.15, 0.2) is 0 Å². The Morgan fingerprint density at radius 3 is 2.60 bits per heavy atom. The van der Waals surface area contributed by atoms with Crippen LogP contribution in [0.4, 0.5) is 0 Å². The molecule has 168 valence electrons. The minimum Gasteiger partial charge on any atom is -0.0992 e. The lowest BCUT2D eigenvalue weighted by molar-refractivity contribution is 0.0920.